The Kier molecular flexibility index (Phi) is 4.23. The molecule has 6 heteroatoms. The SMILES string of the molecule is CC1(C)CCCN(C(=O)c2cccc(Cl)c2F)C1C(=O)O. The molecule has 1 aromatic rings. The lowest BCUT2D eigenvalue weighted by Gasteiger charge is -2.44. The van der Waals surface area contributed by atoms with Crippen molar-refractivity contribution in [2.24, 2.45) is 5.41 Å². The summed E-state index contributed by atoms with van der Waals surface area (Å²) < 4.78 is 14.0. The standard InChI is InChI=1S/C15H17ClFNO3/c1-15(2)7-4-8-18(12(15)14(20)21)13(19)9-5-3-6-10(16)11(9)17/h3,5-6,12H,4,7-8H2,1-2H3,(H,20,21). The Labute approximate surface area is 127 Å². The van der Waals surface area contributed by atoms with Gasteiger partial charge in [0.1, 0.15) is 6.04 Å². The molecular weight excluding hydrogens is 297 g/mol. The maximum atomic E-state index is 14.0. The molecule has 0 aromatic heterocycles. The molecule has 2 rings (SSSR count). The third-order valence-electron chi connectivity index (χ3n) is 3.95. The van der Waals surface area contributed by atoms with Gasteiger partial charge >= 0.3 is 5.97 Å². The van der Waals surface area contributed by atoms with E-state index in [-0.39, 0.29) is 10.6 Å². The van der Waals surface area contributed by atoms with Gasteiger partial charge in [0.15, 0.2) is 5.82 Å². The van der Waals surface area contributed by atoms with Crippen LogP contribution in [0.15, 0.2) is 18.2 Å². The Morgan fingerprint density at radius 2 is 2.10 bits per heavy atom. The summed E-state index contributed by atoms with van der Waals surface area (Å²) in [6, 6.07) is 3.17. The van der Waals surface area contributed by atoms with Gasteiger partial charge in [0.25, 0.3) is 5.91 Å². The number of amides is 1. The molecule has 0 aliphatic carbocycles. The summed E-state index contributed by atoms with van der Waals surface area (Å²) in [4.78, 5) is 25.3. The molecule has 1 atom stereocenters. The van der Waals surface area contributed by atoms with Crippen molar-refractivity contribution in [3.63, 3.8) is 0 Å². The van der Waals surface area contributed by atoms with Gasteiger partial charge < -0.3 is 10.0 Å². The number of carbonyl (C=O) groups excluding carboxylic acids is 1. The van der Waals surface area contributed by atoms with Crippen molar-refractivity contribution in [1.29, 1.82) is 0 Å². The van der Waals surface area contributed by atoms with Gasteiger partial charge in [-0.3, -0.25) is 4.79 Å². The third-order valence-corrected chi connectivity index (χ3v) is 4.24. The molecule has 1 unspecified atom stereocenters. The number of hydrogen-bond acceptors (Lipinski definition) is 2. The van der Waals surface area contributed by atoms with Gasteiger partial charge in [0, 0.05) is 6.54 Å². The Morgan fingerprint density at radius 1 is 1.43 bits per heavy atom. The number of rotatable bonds is 2. The highest BCUT2D eigenvalue weighted by Gasteiger charge is 2.45. The van der Waals surface area contributed by atoms with Crippen LogP contribution >= 0.6 is 11.6 Å². The zero-order valence-electron chi connectivity index (χ0n) is 11.9. The Bertz CT molecular complexity index is 588. The molecule has 114 valence electrons. The fraction of sp³-hybridized carbons (Fsp3) is 0.467. The van der Waals surface area contributed by atoms with E-state index >= 15 is 0 Å². The molecule has 1 aliphatic rings. The van der Waals surface area contributed by atoms with E-state index in [0.29, 0.717) is 19.4 Å². The first kappa shape index (κ1) is 15.8. The number of hydrogen-bond donors (Lipinski definition) is 1. The molecule has 1 aromatic carbocycles. The van der Waals surface area contributed by atoms with E-state index < -0.39 is 29.2 Å². The van der Waals surface area contributed by atoms with Crippen LogP contribution in [-0.2, 0) is 4.79 Å². The van der Waals surface area contributed by atoms with E-state index in [2.05, 4.69) is 0 Å². The predicted octanol–water partition coefficient (Wildman–Crippen LogP) is 3.19. The summed E-state index contributed by atoms with van der Waals surface area (Å²) in [5.41, 5.74) is -0.749. The van der Waals surface area contributed by atoms with Crippen molar-refractivity contribution in [2.75, 3.05) is 6.54 Å². The number of benzene rings is 1. The lowest BCUT2D eigenvalue weighted by atomic mass is 9.76. The average Bonchev–Trinajstić information content (AvgIpc) is 2.39. The molecule has 1 amide bonds. The van der Waals surface area contributed by atoms with E-state index in [4.69, 9.17) is 11.6 Å². The van der Waals surface area contributed by atoms with Crippen molar-refractivity contribution in [3.05, 3.63) is 34.6 Å². The Morgan fingerprint density at radius 3 is 2.71 bits per heavy atom. The highest BCUT2D eigenvalue weighted by atomic mass is 35.5. The molecule has 1 aliphatic heterocycles. The Hall–Kier alpha value is -1.62. The second-order valence-corrected chi connectivity index (χ2v) is 6.34. The van der Waals surface area contributed by atoms with Crippen LogP contribution in [0.4, 0.5) is 4.39 Å². The van der Waals surface area contributed by atoms with Gasteiger partial charge in [0.2, 0.25) is 0 Å². The minimum Gasteiger partial charge on any atom is -0.480 e. The minimum atomic E-state index is -1.07. The summed E-state index contributed by atoms with van der Waals surface area (Å²) in [6.45, 7) is 3.91. The molecular formula is C15H17ClFNO3. The van der Waals surface area contributed by atoms with Crippen molar-refractivity contribution in [3.8, 4) is 0 Å². The fourth-order valence-electron chi connectivity index (χ4n) is 2.90. The summed E-state index contributed by atoms with van der Waals surface area (Å²) in [5.74, 6) is -2.51. The van der Waals surface area contributed by atoms with Crippen LogP contribution < -0.4 is 0 Å². The molecule has 0 radical (unpaired) electrons. The van der Waals surface area contributed by atoms with Gasteiger partial charge in [-0.25, -0.2) is 9.18 Å². The van der Waals surface area contributed by atoms with Crippen molar-refractivity contribution in [1.82, 2.24) is 4.90 Å². The first-order valence-electron chi connectivity index (χ1n) is 6.73. The normalized spacial score (nSPS) is 21.1. The number of carboxylic acids is 1. The molecule has 1 fully saturated rings. The smallest absolute Gasteiger partial charge is 0.326 e. The molecule has 1 N–H and O–H groups in total. The largest absolute Gasteiger partial charge is 0.480 e. The van der Waals surface area contributed by atoms with Gasteiger partial charge in [0.05, 0.1) is 10.6 Å². The molecule has 1 heterocycles. The summed E-state index contributed by atoms with van der Waals surface area (Å²) >= 11 is 5.69. The minimum absolute atomic E-state index is 0.149. The first-order chi connectivity index (χ1) is 9.75. The number of likely N-dealkylation sites (tertiary alicyclic amines) is 1. The van der Waals surface area contributed by atoms with Gasteiger partial charge in [-0.1, -0.05) is 31.5 Å². The first-order valence-corrected chi connectivity index (χ1v) is 7.11. The second kappa shape index (κ2) is 5.64. The van der Waals surface area contributed by atoms with Gasteiger partial charge in [-0.2, -0.15) is 0 Å². The van der Waals surface area contributed by atoms with Crippen LogP contribution in [0.5, 0.6) is 0 Å². The van der Waals surface area contributed by atoms with Crippen LogP contribution in [-0.4, -0.2) is 34.5 Å². The van der Waals surface area contributed by atoms with Crippen molar-refractivity contribution >= 4 is 23.5 Å². The predicted molar refractivity (Wildman–Crippen MR) is 76.9 cm³/mol. The lowest BCUT2D eigenvalue weighted by Crippen LogP contribution is -2.56. The number of carbonyl (C=O) groups is 2. The zero-order valence-corrected chi connectivity index (χ0v) is 12.7. The van der Waals surface area contributed by atoms with Crippen LogP contribution in [0.2, 0.25) is 5.02 Å². The fourth-order valence-corrected chi connectivity index (χ4v) is 3.08. The average molecular weight is 314 g/mol. The molecule has 21 heavy (non-hydrogen) atoms. The van der Waals surface area contributed by atoms with Crippen LogP contribution in [0, 0.1) is 11.2 Å². The van der Waals surface area contributed by atoms with Crippen LogP contribution in [0.25, 0.3) is 0 Å². The maximum absolute atomic E-state index is 14.0. The Balaban J connectivity index is 2.41. The molecule has 1 saturated heterocycles. The van der Waals surface area contributed by atoms with E-state index in [1.807, 2.05) is 0 Å². The van der Waals surface area contributed by atoms with E-state index in [9.17, 15) is 19.1 Å². The van der Waals surface area contributed by atoms with E-state index in [1.54, 1.807) is 13.8 Å². The molecule has 0 saturated carbocycles. The highest BCUT2D eigenvalue weighted by Crippen LogP contribution is 2.36. The molecule has 0 spiro atoms. The number of halogens is 2. The summed E-state index contributed by atoms with van der Waals surface area (Å²) in [7, 11) is 0. The molecule has 4 nitrogen and oxygen atoms in total. The number of nitrogens with zero attached hydrogens (tertiary/aromatic N) is 1. The second-order valence-electron chi connectivity index (χ2n) is 5.93. The highest BCUT2D eigenvalue weighted by molar-refractivity contribution is 6.31. The maximum Gasteiger partial charge on any atom is 0.326 e. The monoisotopic (exact) mass is 313 g/mol. The van der Waals surface area contributed by atoms with Crippen molar-refractivity contribution < 1.29 is 19.1 Å². The summed E-state index contributed by atoms with van der Waals surface area (Å²) in [5, 5.41) is 9.30. The number of aliphatic carboxylic acids is 1. The lowest BCUT2D eigenvalue weighted by molar-refractivity contribution is -0.148. The quantitative estimate of drug-likeness (QED) is 0.912. The topological polar surface area (TPSA) is 57.6 Å². The molecule has 0 bridgehead atoms. The zero-order chi connectivity index (χ0) is 15.8. The number of piperidine rings is 1. The van der Waals surface area contributed by atoms with E-state index in [0.717, 1.165) is 0 Å². The van der Waals surface area contributed by atoms with E-state index in [1.165, 1.54) is 23.1 Å². The van der Waals surface area contributed by atoms with Crippen LogP contribution in [0.3, 0.4) is 0 Å². The summed E-state index contributed by atoms with van der Waals surface area (Å²) in [6.07, 6.45) is 1.39. The van der Waals surface area contributed by atoms with Gasteiger partial charge in [-0.05, 0) is 30.4 Å². The van der Waals surface area contributed by atoms with Crippen LogP contribution in [0.1, 0.15) is 37.0 Å². The van der Waals surface area contributed by atoms with Gasteiger partial charge in [-0.15, -0.1) is 0 Å². The third kappa shape index (κ3) is 2.88. The van der Waals surface area contributed by atoms with Crippen molar-refractivity contribution in [2.45, 2.75) is 32.7 Å². The number of carboxylic acid groups (broad SMARTS) is 1.